The Bertz CT molecular complexity index is 3750. The number of anilines is 4. The summed E-state index contributed by atoms with van der Waals surface area (Å²) in [7, 11) is 0. The number of ether oxygens (including phenoxy) is 1. The van der Waals surface area contributed by atoms with Crippen LogP contribution in [-0.4, -0.2) is 16.2 Å². The van der Waals surface area contributed by atoms with Gasteiger partial charge in [-0.05, 0) is 140 Å². The molecule has 0 N–H and O–H groups in total. The van der Waals surface area contributed by atoms with Crippen LogP contribution in [0.3, 0.4) is 0 Å². The van der Waals surface area contributed by atoms with Crippen LogP contribution in [0.1, 0.15) is 88.7 Å². The maximum atomic E-state index is 8.83. The van der Waals surface area contributed by atoms with Gasteiger partial charge >= 0.3 is 0 Å². The Hall–Kier alpha value is -7.89. The standard InChI is InChI=1S/C67H64N4O/c1-44-33-64(68-42-59(44)49-23-17-24-50(34-49)65(2,3)4)71-60-31-27-47(45-19-13-11-14-20-45)35-58(60)57-30-29-56(41-62(57)71)72-55-26-18-25-53(40-55)69-43-70(54-38-51(66(5,6)7)37-52(39-54)67(8,9)10)61-32-28-48(36-63(61)69)46-21-15-12-16-22-46/h11-42H,43H2,1-10H3/i1D3. The van der Waals surface area contributed by atoms with E-state index >= 15 is 0 Å². The zero-order valence-electron chi connectivity index (χ0n) is 45.9. The van der Waals surface area contributed by atoms with E-state index in [0.717, 1.165) is 72.2 Å². The molecular formula is C67H64N4O. The Kier molecular flexibility index (Phi) is 10.6. The molecule has 1 aliphatic heterocycles. The van der Waals surface area contributed by atoms with E-state index in [0.29, 0.717) is 29.5 Å². The summed E-state index contributed by atoms with van der Waals surface area (Å²) in [5, 5.41) is 2.02. The van der Waals surface area contributed by atoms with Crippen molar-refractivity contribution >= 4 is 44.6 Å². The Morgan fingerprint density at radius 3 is 1.75 bits per heavy atom. The van der Waals surface area contributed by atoms with E-state index in [1.165, 1.54) is 16.8 Å². The number of rotatable bonds is 8. The van der Waals surface area contributed by atoms with Crippen molar-refractivity contribution in [3.63, 3.8) is 0 Å². The molecule has 5 nitrogen and oxygen atoms in total. The van der Waals surface area contributed by atoms with Crippen LogP contribution in [0.15, 0.2) is 194 Å². The van der Waals surface area contributed by atoms with E-state index in [1.807, 2.05) is 30.3 Å². The van der Waals surface area contributed by atoms with Crippen LogP contribution in [-0.2, 0) is 16.2 Å². The van der Waals surface area contributed by atoms with Gasteiger partial charge in [-0.1, -0.05) is 172 Å². The normalized spacial score (nSPS) is 13.8. The molecule has 0 amide bonds. The minimum atomic E-state index is -2.41. The van der Waals surface area contributed by atoms with Gasteiger partial charge < -0.3 is 14.5 Å². The van der Waals surface area contributed by atoms with E-state index in [2.05, 4.69) is 228 Å². The highest BCUT2D eigenvalue weighted by molar-refractivity contribution is 6.11. The first-order valence-electron chi connectivity index (χ1n) is 26.6. The van der Waals surface area contributed by atoms with E-state index in [-0.39, 0.29) is 21.8 Å². The second kappa shape index (κ2) is 17.8. The summed E-state index contributed by atoms with van der Waals surface area (Å²) < 4.78 is 35.4. The Morgan fingerprint density at radius 2 is 1.07 bits per heavy atom. The number of hydrogen-bond acceptors (Lipinski definition) is 4. The number of hydrogen-bond donors (Lipinski definition) is 0. The average molecular weight is 944 g/mol. The third kappa shape index (κ3) is 8.83. The van der Waals surface area contributed by atoms with Crippen molar-refractivity contribution in [1.82, 2.24) is 9.55 Å². The van der Waals surface area contributed by atoms with Crippen molar-refractivity contribution in [1.29, 1.82) is 0 Å². The molecule has 11 rings (SSSR count). The molecule has 0 radical (unpaired) electrons. The third-order valence-corrected chi connectivity index (χ3v) is 14.3. The number of aryl methyl sites for hydroxylation is 1. The minimum absolute atomic E-state index is 0.0372. The number of pyridine rings is 1. The maximum absolute atomic E-state index is 8.83. The molecule has 0 saturated carbocycles. The van der Waals surface area contributed by atoms with Crippen molar-refractivity contribution in [2.45, 2.75) is 85.4 Å². The lowest BCUT2D eigenvalue weighted by molar-refractivity contribution is 0.483. The highest BCUT2D eigenvalue weighted by Crippen LogP contribution is 2.48. The van der Waals surface area contributed by atoms with Crippen LogP contribution in [0.2, 0.25) is 0 Å². The Labute approximate surface area is 430 Å². The summed E-state index contributed by atoms with van der Waals surface area (Å²) in [5.41, 5.74) is 15.9. The van der Waals surface area contributed by atoms with Gasteiger partial charge in [-0.25, -0.2) is 4.98 Å². The second-order valence-electron chi connectivity index (χ2n) is 22.5. The first kappa shape index (κ1) is 42.9. The van der Waals surface area contributed by atoms with Gasteiger partial charge in [0.15, 0.2) is 0 Å². The fourth-order valence-corrected chi connectivity index (χ4v) is 10.1. The molecule has 0 fully saturated rings. The fraction of sp³-hybridized carbons (Fsp3) is 0.209. The van der Waals surface area contributed by atoms with Crippen LogP contribution in [0.25, 0.3) is 61.0 Å². The molecule has 0 saturated heterocycles. The molecule has 8 aromatic carbocycles. The van der Waals surface area contributed by atoms with Crippen molar-refractivity contribution in [2.75, 3.05) is 16.5 Å². The Balaban J connectivity index is 1.01. The van der Waals surface area contributed by atoms with Gasteiger partial charge in [0.1, 0.15) is 24.0 Å². The number of aromatic nitrogens is 2. The smallest absolute Gasteiger partial charge is 0.137 e. The summed E-state index contributed by atoms with van der Waals surface area (Å²) in [6.07, 6.45) is 1.73. The van der Waals surface area contributed by atoms with Crippen LogP contribution in [0.4, 0.5) is 22.7 Å². The molecule has 5 heteroatoms. The van der Waals surface area contributed by atoms with E-state index in [4.69, 9.17) is 13.8 Å². The highest BCUT2D eigenvalue weighted by Gasteiger charge is 2.31. The molecule has 0 spiro atoms. The van der Waals surface area contributed by atoms with Gasteiger partial charge in [-0.2, -0.15) is 0 Å². The molecule has 0 aliphatic carbocycles. The third-order valence-electron chi connectivity index (χ3n) is 14.3. The molecular weight excluding hydrogens is 877 g/mol. The quantitative estimate of drug-likeness (QED) is 0.152. The predicted molar refractivity (Wildman–Crippen MR) is 304 cm³/mol. The van der Waals surface area contributed by atoms with Crippen LogP contribution in [0.5, 0.6) is 11.5 Å². The summed E-state index contributed by atoms with van der Waals surface area (Å²) in [6.45, 7) is 18.4. The van der Waals surface area contributed by atoms with Crippen molar-refractivity contribution in [2.24, 2.45) is 0 Å². The summed E-state index contributed by atoms with van der Waals surface area (Å²) in [5.74, 6) is 1.84. The molecule has 0 bridgehead atoms. The van der Waals surface area contributed by atoms with Crippen LogP contribution >= 0.6 is 0 Å². The first-order chi connectivity index (χ1) is 35.7. The Morgan fingerprint density at radius 1 is 0.444 bits per heavy atom. The van der Waals surface area contributed by atoms with Crippen LogP contribution in [0, 0.1) is 6.85 Å². The molecule has 0 unspecified atom stereocenters. The molecule has 1 aliphatic rings. The minimum Gasteiger partial charge on any atom is -0.457 e. The number of fused-ring (bicyclic) bond motifs is 4. The molecule has 0 atom stereocenters. The molecule has 72 heavy (non-hydrogen) atoms. The van der Waals surface area contributed by atoms with Crippen LogP contribution < -0.4 is 14.5 Å². The lowest BCUT2D eigenvalue weighted by Crippen LogP contribution is -2.25. The monoisotopic (exact) mass is 944 g/mol. The molecule has 2 aromatic heterocycles. The SMILES string of the molecule is [2H]C([2H])([2H])c1cc(-n2c3ccc(-c4ccccc4)cc3c3ccc(Oc4cccc(N5CN(c6cc(C(C)(C)C)cc(C(C)(C)C)c6)c6ccc(-c7ccccc7)cc65)c4)cc32)ncc1-c1cccc(C(C)(C)C)c1. The van der Waals surface area contributed by atoms with Gasteiger partial charge in [0.05, 0.1) is 22.4 Å². The van der Waals surface area contributed by atoms with Gasteiger partial charge in [0.2, 0.25) is 0 Å². The molecule has 10 aromatic rings. The summed E-state index contributed by atoms with van der Waals surface area (Å²) >= 11 is 0. The van der Waals surface area contributed by atoms with Gasteiger partial charge in [0.25, 0.3) is 0 Å². The highest BCUT2D eigenvalue weighted by atomic mass is 16.5. The van der Waals surface area contributed by atoms with Gasteiger partial charge in [-0.3, -0.25) is 4.57 Å². The fourth-order valence-electron chi connectivity index (χ4n) is 10.1. The maximum Gasteiger partial charge on any atom is 0.137 e. The van der Waals surface area contributed by atoms with Gasteiger partial charge in [0, 0.05) is 50.2 Å². The van der Waals surface area contributed by atoms with E-state index < -0.39 is 6.85 Å². The lowest BCUT2D eigenvalue weighted by Gasteiger charge is -2.29. The lowest BCUT2D eigenvalue weighted by atomic mass is 9.80. The largest absolute Gasteiger partial charge is 0.457 e. The van der Waals surface area contributed by atoms with Gasteiger partial charge in [-0.15, -0.1) is 0 Å². The summed E-state index contributed by atoms with van der Waals surface area (Å²) in [6, 6.07) is 65.7. The average Bonchev–Trinajstić information content (AvgIpc) is 4.01. The topological polar surface area (TPSA) is 33.5 Å². The first-order valence-corrected chi connectivity index (χ1v) is 25.1. The zero-order chi connectivity index (χ0) is 52.6. The summed E-state index contributed by atoms with van der Waals surface area (Å²) in [4.78, 5) is 9.91. The second-order valence-corrected chi connectivity index (χ2v) is 22.5. The van der Waals surface area contributed by atoms with Crippen molar-refractivity contribution in [3.05, 3.63) is 217 Å². The van der Waals surface area contributed by atoms with Crippen molar-refractivity contribution in [3.8, 4) is 50.7 Å². The van der Waals surface area contributed by atoms with E-state index in [9.17, 15) is 0 Å². The zero-order valence-corrected chi connectivity index (χ0v) is 42.9. The number of nitrogens with zero attached hydrogens (tertiary/aromatic N) is 4. The van der Waals surface area contributed by atoms with E-state index in [1.54, 1.807) is 12.3 Å². The molecule has 358 valence electrons. The predicted octanol–water partition coefficient (Wildman–Crippen LogP) is 18.4. The van der Waals surface area contributed by atoms with Crippen molar-refractivity contribution < 1.29 is 8.85 Å². The number of benzene rings is 8. The molecule has 3 heterocycles.